The quantitative estimate of drug-likeness (QED) is 0.522. The molecular formula is C16H14N2O4. The summed E-state index contributed by atoms with van der Waals surface area (Å²) in [6.45, 7) is 0. The highest BCUT2D eigenvalue weighted by Gasteiger charge is 2.12. The molecule has 0 saturated carbocycles. The van der Waals surface area contributed by atoms with Crippen molar-refractivity contribution in [2.24, 2.45) is 0 Å². The summed E-state index contributed by atoms with van der Waals surface area (Å²) in [5.74, 6) is -0.119. The van der Waals surface area contributed by atoms with Crippen molar-refractivity contribution in [2.75, 3.05) is 12.4 Å². The van der Waals surface area contributed by atoms with E-state index < -0.39 is 4.92 Å². The summed E-state index contributed by atoms with van der Waals surface area (Å²) in [4.78, 5) is 22.1. The SMILES string of the molecule is COc1cc([N+](=O)[O-])ccc1NC(=O)/C=C/c1ccccc1. The standard InChI is InChI=1S/C16H14N2O4/c1-22-15-11-13(18(20)21)8-9-14(15)17-16(19)10-7-12-5-3-2-4-6-12/h2-11H,1H3,(H,17,19)/b10-7+. The number of non-ortho nitro benzene ring substituents is 1. The topological polar surface area (TPSA) is 81.5 Å². The molecule has 0 aliphatic carbocycles. The maximum atomic E-state index is 11.9. The van der Waals surface area contributed by atoms with Crippen molar-refractivity contribution in [3.8, 4) is 5.75 Å². The average Bonchev–Trinajstić information content (AvgIpc) is 2.54. The number of nitro groups is 1. The van der Waals surface area contributed by atoms with Gasteiger partial charge in [0.1, 0.15) is 5.75 Å². The van der Waals surface area contributed by atoms with Gasteiger partial charge in [-0.05, 0) is 17.7 Å². The van der Waals surface area contributed by atoms with Crippen LogP contribution in [-0.2, 0) is 4.79 Å². The number of carbonyl (C=O) groups excluding carboxylic acids is 1. The molecule has 0 unspecified atom stereocenters. The fraction of sp³-hybridized carbons (Fsp3) is 0.0625. The molecule has 2 aromatic rings. The van der Waals surface area contributed by atoms with E-state index in [1.165, 1.54) is 31.4 Å². The average molecular weight is 298 g/mol. The molecule has 6 heteroatoms. The lowest BCUT2D eigenvalue weighted by atomic mass is 10.2. The van der Waals surface area contributed by atoms with Crippen LogP contribution < -0.4 is 10.1 Å². The molecule has 1 N–H and O–H groups in total. The summed E-state index contributed by atoms with van der Waals surface area (Å²) in [7, 11) is 1.38. The molecule has 1 amide bonds. The molecule has 6 nitrogen and oxygen atoms in total. The van der Waals surface area contributed by atoms with Gasteiger partial charge >= 0.3 is 0 Å². The Labute approximate surface area is 127 Å². The predicted octanol–water partition coefficient (Wildman–Crippen LogP) is 3.26. The molecule has 0 atom stereocenters. The van der Waals surface area contributed by atoms with Gasteiger partial charge in [0, 0.05) is 12.1 Å². The van der Waals surface area contributed by atoms with Crippen LogP contribution in [0.4, 0.5) is 11.4 Å². The Morgan fingerprint density at radius 2 is 1.95 bits per heavy atom. The number of methoxy groups -OCH3 is 1. The first-order valence-electron chi connectivity index (χ1n) is 6.46. The molecule has 0 spiro atoms. The molecule has 0 radical (unpaired) electrons. The number of hydrogen-bond acceptors (Lipinski definition) is 4. The molecule has 22 heavy (non-hydrogen) atoms. The maximum absolute atomic E-state index is 11.9. The van der Waals surface area contributed by atoms with Gasteiger partial charge in [-0.15, -0.1) is 0 Å². The molecule has 0 fully saturated rings. The minimum absolute atomic E-state index is 0.102. The van der Waals surface area contributed by atoms with Crippen LogP contribution in [0.3, 0.4) is 0 Å². The summed E-state index contributed by atoms with van der Waals surface area (Å²) in [6.07, 6.45) is 3.06. The first-order valence-corrected chi connectivity index (χ1v) is 6.46. The number of hydrogen-bond donors (Lipinski definition) is 1. The van der Waals surface area contributed by atoms with Crippen LogP contribution in [0.25, 0.3) is 6.08 Å². The molecule has 0 aliphatic heterocycles. The number of anilines is 1. The van der Waals surface area contributed by atoms with Crippen LogP contribution in [0.2, 0.25) is 0 Å². The van der Waals surface area contributed by atoms with E-state index in [1.807, 2.05) is 30.3 Å². The summed E-state index contributed by atoms with van der Waals surface area (Å²) in [5.41, 5.74) is 1.17. The van der Waals surface area contributed by atoms with Gasteiger partial charge in [-0.3, -0.25) is 14.9 Å². The third-order valence-electron chi connectivity index (χ3n) is 2.88. The number of rotatable bonds is 5. The van der Waals surface area contributed by atoms with Crippen LogP contribution in [0, 0.1) is 10.1 Å². The van der Waals surface area contributed by atoms with Crippen molar-refractivity contribution in [1.82, 2.24) is 0 Å². The van der Waals surface area contributed by atoms with E-state index in [9.17, 15) is 14.9 Å². The van der Waals surface area contributed by atoms with Gasteiger partial charge in [0.25, 0.3) is 5.69 Å². The van der Waals surface area contributed by atoms with Crippen molar-refractivity contribution in [1.29, 1.82) is 0 Å². The smallest absolute Gasteiger partial charge is 0.273 e. The zero-order chi connectivity index (χ0) is 15.9. The molecule has 0 bridgehead atoms. The minimum atomic E-state index is -0.524. The van der Waals surface area contributed by atoms with Crippen LogP contribution in [0.15, 0.2) is 54.6 Å². The van der Waals surface area contributed by atoms with E-state index in [4.69, 9.17) is 4.74 Å². The Bertz CT molecular complexity index is 711. The second kappa shape index (κ2) is 7.03. The number of nitro benzene ring substituents is 1. The second-order valence-corrected chi connectivity index (χ2v) is 4.37. The van der Waals surface area contributed by atoms with Gasteiger partial charge in [-0.25, -0.2) is 0 Å². The second-order valence-electron chi connectivity index (χ2n) is 4.37. The largest absolute Gasteiger partial charge is 0.494 e. The van der Waals surface area contributed by atoms with Gasteiger partial charge in [0.05, 0.1) is 23.8 Å². The zero-order valence-electron chi connectivity index (χ0n) is 11.9. The summed E-state index contributed by atoms with van der Waals surface area (Å²) < 4.78 is 5.06. The summed E-state index contributed by atoms with van der Waals surface area (Å²) >= 11 is 0. The van der Waals surface area contributed by atoms with Gasteiger partial charge in [-0.1, -0.05) is 30.3 Å². The Balaban J connectivity index is 2.11. The summed E-state index contributed by atoms with van der Waals surface area (Å²) in [6, 6.07) is 13.4. The van der Waals surface area contributed by atoms with E-state index in [2.05, 4.69) is 5.32 Å². The number of ether oxygens (including phenoxy) is 1. The fourth-order valence-corrected chi connectivity index (χ4v) is 1.81. The summed E-state index contributed by atoms with van der Waals surface area (Å²) in [5, 5.41) is 13.3. The number of amides is 1. The van der Waals surface area contributed by atoms with Gasteiger partial charge in [0.15, 0.2) is 0 Å². The van der Waals surface area contributed by atoms with Crippen molar-refractivity contribution in [3.05, 3.63) is 70.3 Å². The van der Waals surface area contributed by atoms with Gasteiger partial charge < -0.3 is 10.1 Å². The van der Waals surface area contributed by atoms with Gasteiger partial charge in [-0.2, -0.15) is 0 Å². The van der Waals surface area contributed by atoms with Crippen LogP contribution >= 0.6 is 0 Å². The zero-order valence-corrected chi connectivity index (χ0v) is 11.9. The highest BCUT2D eigenvalue weighted by Crippen LogP contribution is 2.28. The van der Waals surface area contributed by atoms with E-state index in [-0.39, 0.29) is 17.3 Å². The van der Waals surface area contributed by atoms with Crippen molar-refractivity contribution in [2.45, 2.75) is 0 Å². The molecule has 0 aromatic heterocycles. The Morgan fingerprint density at radius 3 is 2.59 bits per heavy atom. The molecular weight excluding hydrogens is 284 g/mol. The lowest BCUT2D eigenvalue weighted by molar-refractivity contribution is -0.384. The number of benzene rings is 2. The fourth-order valence-electron chi connectivity index (χ4n) is 1.81. The highest BCUT2D eigenvalue weighted by atomic mass is 16.6. The lowest BCUT2D eigenvalue weighted by Gasteiger charge is -2.08. The first-order chi connectivity index (χ1) is 10.6. The number of carbonyl (C=O) groups is 1. The van der Waals surface area contributed by atoms with Crippen molar-refractivity contribution in [3.63, 3.8) is 0 Å². The normalized spacial score (nSPS) is 10.4. The maximum Gasteiger partial charge on any atom is 0.273 e. The Hall–Kier alpha value is -3.15. The number of nitrogens with zero attached hydrogens (tertiary/aromatic N) is 1. The van der Waals surface area contributed by atoms with Crippen molar-refractivity contribution >= 4 is 23.4 Å². The third kappa shape index (κ3) is 3.92. The molecule has 0 saturated heterocycles. The van der Waals surface area contributed by atoms with E-state index in [0.29, 0.717) is 5.69 Å². The molecule has 2 aromatic carbocycles. The number of nitrogens with one attached hydrogen (secondary N) is 1. The van der Waals surface area contributed by atoms with E-state index >= 15 is 0 Å². The molecule has 0 aliphatic rings. The van der Waals surface area contributed by atoms with Crippen molar-refractivity contribution < 1.29 is 14.5 Å². The van der Waals surface area contributed by atoms with Crippen LogP contribution in [0.1, 0.15) is 5.56 Å². The minimum Gasteiger partial charge on any atom is -0.494 e. The van der Waals surface area contributed by atoms with Gasteiger partial charge in [0.2, 0.25) is 5.91 Å². The molecule has 0 heterocycles. The van der Waals surface area contributed by atoms with Crippen LogP contribution in [-0.4, -0.2) is 17.9 Å². The monoisotopic (exact) mass is 298 g/mol. The first kappa shape index (κ1) is 15.2. The Morgan fingerprint density at radius 1 is 1.23 bits per heavy atom. The van der Waals surface area contributed by atoms with E-state index in [1.54, 1.807) is 6.08 Å². The third-order valence-corrected chi connectivity index (χ3v) is 2.88. The van der Waals surface area contributed by atoms with E-state index in [0.717, 1.165) is 5.56 Å². The lowest BCUT2D eigenvalue weighted by Crippen LogP contribution is -2.09. The van der Waals surface area contributed by atoms with Crippen LogP contribution in [0.5, 0.6) is 5.75 Å². The molecule has 112 valence electrons. The highest BCUT2D eigenvalue weighted by molar-refractivity contribution is 6.02. The predicted molar refractivity (Wildman–Crippen MR) is 83.8 cm³/mol. The molecule has 2 rings (SSSR count). The Kier molecular flexibility index (Phi) is 4.87.